The van der Waals surface area contributed by atoms with Crippen molar-refractivity contribution in [2.75, 3.05) is 7.11 Å². The summed E-state index contributed by atoms with van der Waals surface area (Å²) in [6.45, 7) is 0.0587. The highest BCUT2D eigenvalue weighted by Crippen LogP contribution is 2.32. The number of alkyl halides is 3. The third-order valence-corrected chi connectivity index (χ3v) is 4.42. The highest BCUT2D eigenvalue weighted by molar-refractivity contribution is 6.00. The van der Waals surface area contributed by atoms with Crippen molar-refractivity contribution < 1.29 is 27.8 Å². The molecule has 0 aliphatic heterocycles. The van der Waals surface area contributed by atoms with Crippen LogP contribution in [-0.2, 0) is 12.7 Å². The number of phenols is 1. The molecular weight excluding hydrogens is 383 g/mol. The van der Waals surface area contributed by atoms with Gasteiger partial charge in [0, 0.05) is 17.7 Å². The van der Waals surface area contributed by atoms with Gasteiger partial charge in [0.25, 0.3) is 5.91 Å². The fraction of sp³-hybridized carbons (Fsp3) is 0.136. The van der Waals surface area contributed by atoms with Crippen LogP contribution in [0, 0.1) is 0 Å². The van der Waals surface area contributed by atoms with E-state index in [2.05, 4.69) is 5.32 Å². The van der Waals surface area contributed by atoms with Crippen LogP contribution < -0.4 is 10.1 Å². The number of carbonyl (C=O) groups is 1. The zero-order valence-electron chi connectivity index (χ0n) is 15.5. The topological polar surface area (TPSA) is 58.6 Å². The van der Waals surface area contributed by atoms with Gasteiger partial charge >= 0.3 is 6.18 Å². The van der Waals surface area contributed by atoms with Crippen LogP contribution >= 0.6 is 0 Å². The molecule has 0 heterocycles. The van der Waals surface area contributed by atoms with Gasteiger partial charge in [-0.1, -0.05) is 30.3 Å². The maximum Gasteiger partial charge on any atom is 0.416 e. The molecular formula is C22H18F3NO3. The normalized spacial score (nSPS) is 11.2. The van der Waals surface area contributed by atoms with Gasteiger partial charge in [-0.2, -0.15) is 13.2 Å². The molecule has 29 heavy (non-hydrogen) atoms. The van der Waals surface area contributed by atoms with Crippen LogP contribution in [-0.4, -0.2) is 18.1 Å². The summed E-state index contributed by atoms with van der Waals surface area (Å²) in [6.07, 6.45) is -4.42. The second kappa shape index (κ2) is 8.26. The molecule has 3 aromatic rings. The molecule has 3 aromatic carbocycles. The molecule has 0 aromatic heterocycles. The number of hydrogen-bond donors (Lipinski definition) is 2. The van der Waals surface area contributed by atoms with Crippen molar-refractivity contribution in [2.24, 2.45) is 0 Å². The molecule has 0 saturated carbocycles. The zero-order valence-corrected chi connectivity index (χ0v) is 15.5. The third kappa shape index (κ3) is 4.68. The van der Waals surface area contributed by atoms with Gasteiger partial charge in [-0.3, -0.25) is 4.79 Å². The Labute approximate surface area is 165 Å². The van der Waals surface area contributed by atoms with E-state index in [-0.39, 0.29) is 12.3 Å². The zero-order chi connectivity index (χ0) is 21.0. The number of methoxy groups -OCH3 is 1. The van der Waals surface area contributed by atoms with Gasteiger partial charge in [-0.05, 0) is 47.5 Å². The highest BCUT2D eigenvalue weighted by Gasteiger charge is 2.30. The second-order valence-corrected chi connectivity index (χ2v) is 6.30. The second-order valence-electron chi connectivity index (χ2n) is 6.30. The van der Waals surface area contributed by atoms with E-state index < -0.39 is 17.6 Å². The quantitative estimate of drug-likeness (QED) is 0.631. The van der Waals surface area contributed by atoms with Crippen LogP contribution in [0.1, 0.15) is 21.5 Å². The van der Waals surface area contributed by atoms with Crippen molar-refractivity contribution in [1.29, 1.82) is 0 Å². The van der Waals surface area contributed by atoms with Crippen molar-refractivity contribution in [3.05, 3.63) is 83.4 Å². The van der Waals surface area contributed by atoms with Crippen molar-refractivity contribution >= 4 is 5.91 Å². The van der Waals surface area contributed by atoms with E-state index in [1.54, 1.807) is 36.4 Å². The van der Waals surface area contributed by atoms with Crippen LogP contribution in [0.2, 0.25) is 0 Å². The average Bonchev–Trinajstić information content (AvgIpc) is 2.72. The molecule has 4 nitrogen and oxygen atoms in total. The SMILES string of the molecule is COc1ccc(O)c(CNC(=O)c2ccccc2-c2ccc(C(F)(F)F)cc2)c1. The summed E-state index contributed by atoms with van der Waals surface area (Å²) in [4.78, 5) is 12.7. The van der Waals surface area contributed by atoms with Crippen molar-refractivity contribution in [3.63, 3.8) is 0 Å². The predicted molar refractivity (Wildman–Crippen MR) is 103 cm³/mol. The Morgan fingerprint density at radius 1 is 1.03 bits per heavy atom. The number of ether oxygens (including phenoxy) is 1. The molecule has 0 fully saturated rings. The molecule has 0 bridgehead atoms. The number of halogens is 3. The summed E-state index contributed by atoms with van der Waals surface area (Å²) in [5, 5.41) is 12.7. The summed E-state index contributed by atoms with van der Waals surface area (Å²) in [5.41, 5.74) is 1.04. The maximum absolute atomic E-state index is 12.8. The summed E-state index contributed by atoms with van der Waals surface area (Å²) < 4.78 is 43.5. The molecule has 0 aliphatic carbocycles. The summed E-state index contributed by atoms with van der Waals surface area (Å²) in [5.74, 6) is 0.141. The van der Waals surface area contributed by atoms with E-state index in [4.69, 9.17) is 4.74 Å². The van der Waals surface area contributed by atoms with Gasteiger partial charge in [-0.25, -0.2) is 0 Å². The molecule has 0 saturated heterocycles. The molecule has 0 unspecified atom stereocenters. The summed E-state index contributed by atoms with van der Waals surface area (Å²) >= 11 is 0. The highest BCUT2D eigenvalue weighted by atomic mass is 19.4. The van der Waals surface area contributed by atoms with Crippen molar-refractivity contribution in [1.82, 2.24) is 5.32 Å². The van der Waals surface area contributed by atoms with E-state index in [9.17, 15) is 23.1 Å². The Kier molecular flexibility index (Phi) is 5.77. The summed E-state index contributed by atoms with van der Waals surface area (Å²) in [7, 11) is 1.50. The first kappa shape index (κ1) is 20.3. The fourth-order valence-corrected chi connectivity index (χ4v) is 2.87. The molecule has 2 N–H and O–H groups in total. The molecule has 7 heteroatoms. The molecule has 0 radical (unpaired) electrons. The Morgan fingerprint density at radius 2 is 1.72 bits per heavy atom. The molecule has 1 amide bonds. The minimum atomic E-state index is -4.42. The lowest BCUT2D eigenvalue weighted by Crippen LogP contribution is -2.23. The van der Waals surface area contributed by atoms with Gasteiger partial charge in [0.2, 0.25) is 0 Å². The fourth-order valence-electron chi connectivity index (χ4n) is 2.87. The minimum absolute atomic E-state index is 0.0159. The number of carbonyl (C=O) groups excluding carboxylic acids is 1. The van der Waals surface area contributed by atoms with E-state index in [1.165, 1.54) is 25.3 Å². The predicted octanol–water partition coefficient (Wildman–Crippen LogP) is 5.02. The van der Waals surface area contributed by atoms with Gasteiger partial charge in [-0.15, -0.1) is 0 Å². The minimum Gasteiger partial charge on any atom is -0.508 e. The van der Waals surface area contributed by atoms with E-state index in [0.29, 0.717) is 28.0 Å². The molecule has 0 spiro atoms. The van der Waals surface area contributed by atoms with Crippen LogP contribution in [0.4, 0.5) is 13.2 Å². The number of benzene rings is 3. The largest absolute Gasteiger partial charge is 0.508 e. The van der Waals surface area contributed by atoms with Gasteiger partial charge in [0.1, 0.15) is 11.5 Å². The lowest BCUT2D eigenvalue weighted by molar-refractivity contribution is -0.137. The number of rotatable bonds is 5. The molecule has 0 aliphatic rings. The van der Waals surface area contributed by atoms with Crippen LogP contribution in [0.15, 0.2) is 66.7 Å². The van der Waals surface area contributed by atoms with Crippen molar-refractivity contribution in [3.8, 4) is 22.6 Å². The standard InChI is InChI=1S/C22H18F3NO3/c1-29-17-10-11-20(27)15(12-17)13-26-21(28)19-5-3-2-4-18(19)14-6-8-16(9-7-14)22(23,24)25/h2-12,27H,13H2,1H3,(H,26,28). The smallest absolute Gasteiger partial charge is 0.416 e. The lowest BCUT2D eigenvalue weighted by Gasteiger charge is -2.13. The van der Waals surface area contributed by atoms with E-state index >= 15 is 0 Å². The maximum atomic E-state index is 12.8. The summed E-state index contributed by atoms with van der Waals surface area (Å²) in [6, 6.07) is 16.0. The average molecular weight is 401 g/mol. The van der Waals surface area contributed by atoms with Crippen LogP contribution in [0.3, 0.4) is 0 Å². The lowest BCUT2D eigenvalue weighted by atomic mass is 9.98. The van der Waals surface area contributed by atoms with Gasteiger partial charge < -0.3 is 15.2 Å². The van der Waals surface area contributed by atoms with Gasteiger partial charge in [0.15, 0.2) is 0 Å². The first-order valence-corrected chi connectivity index (χ1v) is 8.70. The van der Waals surface area contributed by atoms with Gasteiger partial charge in [0.05, 0.1) is 12.7 Å². The first-order chi connectivity index (χ1) is 13.8. The Morgan fingerprint density at radius 3 is 2.38 bits per heavy atom. The first-order valence-electron chi connectivity index (χ1n) is 8.70. The number of nitrogens with one attached hydrogen (secondary N) is 1. The molecule has 150 valence electrons. The Hall–Kier alpha value is -3.48. The monoisotopic (exact) mass is 401 g/mol. The van der Waals surface area contributed by atoms with Crippen LogP contribution in [0.25, 0.3) is 11.1 Å². The number of hydrogen-bond acceptors (Lipinski definition) is 3. The number of amides is 1. The number of phenolic OH excluding ortho intramolecular Hbond substituents is 1. The van der Waals surface area contributed by atoms with Crippen molar-refractivity contribution in [2.45, 2.75) is 12.7 Å². The van der Waals surface area contributed by atoms with E-state index in [1.807, 2.05) is 0 Å². The molecule has 3 rings (SSSR count). The van der Waals surface area contributed by atoms with Crippen LogP contribution in [0.5, 0.6) is 11.5 Å². The number of aromatic hydroxyl groups is 1. The third-order valence-electron chi connectivity index (χ3n) is 4.42. The Balaban J connectivity index is 1.82. The Bertz CT molecular complexity index is 1010. The molecule has 0 atom stereocenters. The van der Waals surface area contributed by atoms with E-state index in [0.717, 1.165) is 12.1 Å².